The van der Waals surface area contributed by atoms with Crippen molar-refractivity contribution in [1.29, 1.82) is 0 Å². The van der Waals surface area contributed by atoms with Crippen LogP contribution < -0.4 is 14.2 Å². The number of ether oxygens (including phenoxy) is 3. The highest BCUT2D eigenvalue weighted by molar-refractivity contribution is 9.10. The van der Waals surface area contributed by atoms with Crippen molar-refractivity contribution in [3.8, 4) is 17.2 Å². The average molecular weight is 471 g/mol. The molecule has 3 aromatic rings. The molecule has 0 saturated carbocycles. The largest absolute Gasteiger partial charge is 0.493 e. The predicted octanol–water partition coefficient (Wildman–Crippen LogP) is 5.77. The zero-order chi connectivity index (χ0) is 20.0. The topological polar surface area (TPSA) is 43.3 Å². The van der Waals surface area contributed by atoms with Gasteiger partial charge >= 0.3 is 0 Å². The van der Waals surface area contributed by atoms with Gasteiger partial charge in [0.2, 0.25) is 6.23 Å². The summed E-state index contributed by atoms with van der Waals surface area (Å²) in [6.07, 6.45) is 0.416. The van der Waals surface area contributed by atoms with E-state index in [2.05, 4.69) is 44.5 Å². The lowest BCUT2D eigenvalue weighted by molar-refractivity contribution is -0.0205. The number of thiophene rings is 1. The number of hydrogen-bond donors (Lipinski definition) is 0. The van der Waals surface area contributed by atoms with E-state index in [1.54, 1.807) is 25.6 Å². The van der Waals surface area contributed by atoms with Crippen molar-refractivity contribution in [2.24, 2.45) is 5.10 Å². The van der Waals surface area contributed by atoms with Gasteiger partial charge in [-0.25, -0.2) is 5.01 Å². The molecule has 0 N–H and O–H groups in total. The van der Waals surface area contributed by atoms with Gasteiger partial charge in [-0.15, -0.1) is 11.3 Å². The fourth-order valence-corrected chi connectivity index (χ4v) is 5.15. The van der Waals surface area contributed by atoms with Crippen LogP contribution in [-0.4, -0.2) is 24.9 Å². The van der Waals surface area contributed by atoms with Gasteiger partial charge in [-0.2, -0.15) is 5.10 Å². The molecular weight excluding hydrogens is 452 g/mol. The first-order valence-corrected chi connectivity index (χ1v) is 10.9. The van der Waals surface area contributed by atoms with Crippen molar-refractivity contribution in [1.82, 2.24) is 5.01 Å². The maximum atomic E-state index is 6.46. The lowest BCUT2D eigenvalue weighted by Gasteiger charge is -2.38. The molecule has 3 heterocycles. The van der Waals surface area contributed by atoms with Crippen molar-refractivity contribution in [2.75, 3.05) is 14.2 Å². The van der Waals surface area contributed by atoms with Crippen LogP contribution in [0.3, 0.4) is 0 Å². The quantitative estimate of drug-likeness (QED) is 0.485. The van der Waals surface area contributed by atoms with Crippen molar-refractivity contribution in [2.45, 2.75) is 18.7 Å². The summed E-state index contributed by atoms with van der Waals surface area (Å²) >= 11 is 5.30. The molecular formula is C22H19BrN2O3S. The monoisotopic (exact) mass is 470 g/mol. The SMILES string of the molecule is COc1cc(Br)cc(C2Oc3ccccc3C3CC(c4cccs4)=NN32)c1OC. The maximum absolute atomic E-state index is 6.46. The Morgan fingerprint density at radius 2 is 1.97 bits per heavy atom. The first-order chi connectivity index (χ1) is 14.2. The van der Waals surface area contributed by atoms with Crippen LogP contribution in [0.4, 0.5) is 0 Å². The van der Waals surface area contributed by atoms with Crippen molar-refractivity contribution in [3.63, 3.8) is 0 Å². The van der Waals surface area contributed by atoms with Crippen LogP contribution in [0.2, 0.25) is 0 Å². The second-order valence-corrected chi connectivity index (χ2v) is 8.73. The number of para-hydroxylation sites is 1. The Hall–Kier alpha value is -2.51. The van der Waals surface area contributed by atoms with Crippen LogP contribution in [0, 0.1) is 0 Å². The molecule has 0 saturated heterocycles. The standard InChI is InChI=1S/C22H19BrN2O3S/c1-26-19-11-13(23)10-15(21(19)27-2)22-25-17(14-6-3-4-7-18(14)28-22)12-16(24-25)20-8-5-9-29-20/h3-11,17,22H,12H2,1-2H3. The van der Waals surface area contributed by atoms with Gasteiger partial charge in [0.1, 0.15) is 5.75 Å². The maximum Gasteiger partial charge on any atom is 0.217 e. The van der Waals surface area contributed by atoms with Crippen LogP contribution in [-0.2, 0) is 0 Å². The van der Waals surface area contributed by atoms with Crippen LogP contribution in [0.25, 0.3) is 0 Å². The van der Waals surface area contributed by atoms with E-state index in [0.29, 0.717) is 11.5 Å². The zero-order valence-electron chi connectivity index (χ0n) is 16.0. The van der Waals surface area contributed by atoms with Gasteiger partial charge < -0.3 is 14.2 Å². The molecule has 2 aliphatic heterocycles. The van der Waals surface area contributed by atoms with E-state index >= 15 is 0 Å². The number of rotatable bonds is 4. The first kappa shape index (κ1) is 18.5. The summed E-state index contributed by atoms with van der Waals surface area (Å²) in [6.45, 7) is 0. The Kier molecular flexibility index (Phi) is 4.72. The molecule has 0 bridgehead atoms. The number of hydrogen-bond acceptors (Lipinski definition) is 6. The molecule has 7 heteroatoms. The van der Waals surface area contributed by atoms with E-state index in [9.17, 15) is 0 Å². The van der Waals surface area contributed by atoms with Gasteiger partial charge in [0.25, 0.3) is 0 Å². The zero-order valence-corrected chi connectivity index (χ0v) is 18.4. The highest BCUT2D eigenvalue weighted by Crippen LogP contribution is 2.50. The number of nitrogens with zero attached hydrogens (tertiary/aromatic N) is 2. The summed E-state index contributed by atoms with van der Waals surface area (Å²) in [5.41, 5.74) is 3.10. The van der Waals surface area contributed by atoms with E-state index < -0.39 is 6.23 Å². The van der Waals surface area contributed by atoms with Gasteiger partial charge in [0.15, 0.2) is 11.5 Å². The summed E-state index contributed by atoms with van der Waals surface area (Å²) in [6, 6.07) is 16.4. The Morgan fingerprint density at radius 1 is 1.10 bits per heavy atom. The Balaban J connectivity index is 1.66. The van der Waals surface area contributed by atoms with Crippen molar-refractivity contribution >= 4 is 33.0 Å². The fourth-order valence-electron chi connectivity index (χ4n) is 3.97. The van der Waals surface area contributed by atoms with E-state index in [1.807, 2.05) is 30.3 Å². The van der Waals surface area contributed by atoms with Gasteiger partial charge in [-0.1, -0.05) is 40.2 Å². The third kappa shape index (κ3) is 3.09. The molecule has 0 spiro atoms. The predicted molar refractivity (Wildman–Crippen MR) is 117 cm³/mol. The lowest BCUT2D eigenvalue weighted by Crippen LogP contribution is -2.34. The number of hydrazone groups is 1. The summed E-state index contributed by atoms with van der Waals surface area (Å²) in [5, 5.41) is 9.13. The van der Waals surface area contributed by atoms with E-state index in [0.717, 1.165) is 33.5 Å². The normalized spacial score (nSPS) is 19.8. The van der Waals surface area contributed by atoms with E-state index in [1.165, 1.54) is 4.88 Å². The number of halogens is 1. The fraction of sp³-hybridized carbons (Fsp3) is 0.227. The molecule has 0 amide bonds. The molecule has 2 atom stereocenters. The average Bonchev–Trinajstić information content (AvgIpc) is 3.42. The van der Waals surface area contributed by atoms with Gasteiger partial charge in [0.05, 0.1) is 36.4 Å². The van der Waals surface area contributed by atoms with Crippen LogP contribution in [0.5, 0.6) is 17.2 Å². The molecule has 2 aliphatic rings. The second kappa shape index (κ2) is 7.39. The molecule has 1 aromatic heterocycles. The smallest absolute Gasteiger partial charge is 0.217 e. The minimum Gasteiger partial charge on any atom is -0.493 e. The highest BCUT2D eigenvalue weighted by Gasteiger charge is 2.42. The summed E-state index contributed by atoms with van der Waals surface area (Å²) in [7, 11) is 3.28. The van der Waals surface area contributed by atoms with E-state index in [-0.39, 0.29) is 6.04 Å². The Labute approximate surface area is 181 Å². The lowest BCUT2D eigenvalue weighted by atomic mass is 9.97. The highest BCUT2D eigenvalue weighted by atomic mass is 79.9. The molecule has 0 aliphatic carbocycles. The molecule has 2 aromatic carbocycles. The van der Waals surface area contributed by atoms with Gasteiger partial charge in [-0.05, 0) is 29.6 Å². The first-order valence-electron chi connectivity index (χ1n) is 9.26. The van der Waals surface area contributed by atoms with Crippen LogP contribution in [0.1, 0.15) is 34.7 Å². The molecule has 5 rings (SSSR count). The minimum atomic E-state index is -0.422. The molecule has 5 nitrogen and oxygen atoms in total. The molecule has 0 fully saturated rings. The number of fused-ring (bicyclic) bond motifs is 3. The number of methoxy groups -OCH3 is 2. The minimum absolute atomic E-state index is 0.108. The number of benzene rings is 2. The second-order valence-electron chi connectivity index (χ2n) is 6.86. The van der Waals surface area contributed by atoms with Crippen molar-refractivity contribution < 1.29 is 14.2 Å². The van der Waals surface area contributed by atoms with Gasteiger partial charge in [0, 0.05) is 16.5 Å². The van der Waals surface area contributed by atoms with Crippen LogP contribution in [0.15, 0.2) is 63.5 Å². The molecule has 29 heavy (non-hydrogen) atoms. The molecule has 148 valence electrons. The van der Waals surface area contributed by atoms with E-state index in [4.69, 9.17) is 19.3 Å². The van der Waals surface area contributed by atoms with Crippen LogP contribution >= 0.6 is 27.3 Å². The summed E-state index contributed by atoms with van der Waals surface area (Å²) in [5.74, 6) is 2.18. The third-order valence-corrected chi connectivity index (χ3v) is 6.62. The van der Waals surface area contributed by atoms with Crippen molar-refractivity contribution in [3.05, 3.63) is 74.4 Å². The Bertz CT molecular complexity index is 1080. The van der Waals surface area contributed by atoms with Gasteiger partial charge in [-0.3, -0.25) is 0 Å². The Morgan fingerprint density at radius 3 is 2.72 bits per heavy atom. The molecule has 2 unspecified atom stereocenters. The summed E-state index contributed by atoms with van der Waals surface area (Å²) in [4.78, 5) is 1.19. The summed E-state index contributed by atoms with van der Waals surface area (Å²) < 4.78 is 18.6. The molecule has 0 radical (unpaired) electrons. The third-order valence-electron chi connectivity index (χ3n) is 5.24.